The lowest BCUT2D eigenvalue weighted by Crippen LogP contribution is -2.27. The van der Waals surface area contributed by atoms with Gasteiger partial charge in [0.25, 0.3) is 5.91 Å². The van der Waals surface area contributed by atoms with Crippen molar-refractivity contribution in [1.82, 2.24) is 10.3 Å². The fourth-order valence-corrected chi connectivity index (χ4v) is 2.70. The number of hydrogen-bond acceptors (Lipinski definition) is 4. The Balaban J connectivity index is 1.72. The molecule has 0 saturated carbocycles. The fourth-order valence-electron chi connectivity index (χ4n) is 2.70. The quantitative estimate of drug-likeness (QED) is 0.882. The van der Waals surface area contributed by atoms with E-state index in [-0.39, 0.29) is 17.6 Å². The van der Waals surface area contributed by atoms with Crippen molar-refractivity contribution in [2.45, 2.75) is 18.9 Å². The smallest absolute Gasteiger partial charge is 0.356 e. The molecule has 1 N–H and O–H groups in total. The maximum atomic E-state index is 12.3. The number of pyridine rings is 1. The number of nitrogens with zero attached hydrogens (tertiary/aromatic N) is 1. The minimum absolute atomic E-state index is 0.0315. The van der Waals surface area contributed by atoms with Crippen LogP contribution in [0.2, 0.25) is 0 Å². The lowest BCUT2D eigenvalue weighted by atomic mass is 10.1. The van der Waals surface area contributed by atoms with Crippen LogP contribution in [0.15, 0.2) is 42.6 Å². The third-order valence-electron chi connectivity index (χ3n) is 3.86. The van der Waals surface area contributed by atoms with Crippen LogP contribution in [0.3, 0.4) is 0 Å². The molecule has 1 aromatic heterocycles. The molecule has 1 amide bonds. The molecular weight excluding hydrogens is 280 g/mol. The van der Waals surface area contributed by atoms with Crippen molar-refractivity contribution in [2.75, 3.05) is 7.11 Å². The molecule has 1 atom stereocenters. The predicted molar refractivity (Wildman–Crippen MR) is 80.5 cm³/mol. The topological polar surface area (TPSA) is 68.3 Å². The van der Waals surface area contributed by atoms with Gasteiger partial charge in [0.2, 0.25) is 0 Å². The van der Waals surface area contributed by atoms with Gasteiger partial charge in [-0.2, -0.15) is 0 Å². The number of rotatable bonds is 3. The number of aromatic nitrogens is 1. The maximum absolute atomic E-state index is 12.3. The highest BCUT2D eigenvalue weighted by molar-refractivity contribution is 5.95. The summed E-state index contributed by atoms with van der Waals surface area (Å²) in [4.78, 5) is 27.6. The lowest BCUT2D eigenvalue weighted by Gasteiger charge is -2.14. The van der Waals surface area contributed by atoms with Crippen molar-refractivity contribution in [3.8, 4) is 0 Å². The molecule has 5 nitrogen and oxygen atoms in total. The van der Waals surface area contributed by atoms with Crippen molar-refractivity contribution >= 4 is 11.9 Å². The molecule has 0 aliphatic heterocycles. The molecule has 3 rings (SSSR count). The third kappa shape index (κ3) is 2.70. The molecule has 112 valence electrons. The number of benzene rings is 1. The minimum atomic E-state index is -0.517. The van der Waals surface area contributed by atoms with Crippen LogP contribution in [0.4, 0.5) is 0 Å². The van der Waals surface area contributed by atoms with Crippen molar-refractivity contribution < 1.29 is 14.3 Å². The molecule has 1 aromatic carbocycles. The normalized spacial score (nSPS) is 16.0. The van der Waals surface area contributed by atoms with Gasteiger partial charge in [0.1, 0.15) is 5.69 Å². The second kappa shape index (κ2) is 5.97. The Morgan fingerprint density at radius 3 is 2.77 bits per heavy atom. The van der Waals surface area contributed by atoms with Gasteiger partial charge in [-0.1, -0.05) is 24.3 Å². The van der Waals surface area contributed by atoms with Crippen LogP contribution < -0.4 is 5.32 Å². The first kappa shape index (κ1) is 14.3. The Labute approximate surface area is 128 Å². The monoisotopic (exact) mass is 296 g/mol. The van der Waals surface area contributed by atoms with E-state index < -0.39 is 5.97 Å². The number of ether oxygens (including phenoxy) is 1. The maximum Gasteiger partial charge on any atom is 0.356 e. The molecule has 2 aromatic rings. The highest BCUT2D eigenvalue weighted by Crippen LogP contribution is 2.30. The summed E-state index contributed by atoms with van der Waals surface area (Å²) in [5, 5.41) is 3.02. The van der Waals surface area contributed by atoms with Gasteiger partial charge in [-0.25, -0.2) is 9.78 Å². The molecule has 0 fully saturated rings. The van der Waals surface area contributed by atoms with Gasteiger partial charge in [0, 0.05) is 6.20 Å². The summed E-state index contributed by atoms with van der Waals surface area (Å²) in [5.74, 6) is -0.706. The summed E-state index contributed by atoms with van der Waals surface area (Å²) in [7, 11) is 1.29. The van der Waals surface area contributed by atoms with Crippen LogP contribution in [0.1, 0.15) is 44.4 Å². The van der Waals surface area contributed by atoms with Crippen molar-refractivity contribution in [2.24, 2.45) is 0 Å². The van der Waals surface area contributed by atoms with Crippen LogP contribution in [0, 0.1) is 0 Å². The van der Waals surface area contributed by atoms with Crippen LogP contribution >= 0.6 is 0 Å². The molecule has 0 spiro atoms. The van der Waals surface area contributed by atoms with E-state index in [1.807, 2.05) is 18.2 Å². The van der Waals surface area contributed by atoms with E-state index in [1.165, 1.54) is 30.5 Å². The van der Waals surface area contributed by atoms with Crippen LogP contribution in [-0.4, -0.2) is 24.0 Å². The van der Waals surface area contributed by atoms with E-state index >= 15 is 0 Å². The van der Waals surface area contributed by atoms with Gasteiger partial charge in [-0.15, -0.1) is 0 Å². The largest absolute Gasteiger partial charge is 0.464 e. The second-order valence-electron chi connectivity index (χ2n) is 5.19. The molecule has 22 heavy (non-hydrogen) atoms. The van der Waals surface area contributed by atoms with E-state index in [4.69, 9.17) is 0 Å². The zero-order valence-electron chi connectivity index (χ0n) is 12.2. The Kier molecular flexibility index (Phi) is 3.87. The van der Waals surface area contributed by atoms with E-state index in [9.17, 15) is 9.59 Å². The number of fused-ring (bicyclic) bond motifs is 1. The molecular formula is C17H16N2O3. The van der Waals surface area contributed by atoms with Crippen LogP contribution in [-0.2, 0) is 11.2 Å². The van der Waals surface area contributed by atoms with Gasteiger partial charge in [0.05, 0.1) is 18.7 Å². The molecule has 5 heteroatoms. The Morgan fingerprint density at radius 2 is 2.05 bits per heavy atom. The van der Waals surface area contributed by atoms with Crippen molar-refractivity contribution in [3.63, 3.8) is 0 Å². The van der Waals surface area contributed by atoms with Crippen LogP contribution in [0.5, 0.6) is 0 Å². The predicted octanol–water partition coefficient (Wildman–Crippen LogP) is 2.29. The molecule has 0 saturated heterocycles. The van der Waals surface area contributed by atoms with Crippen molar-refractivity contribution in [1.29, 1.82) is 0 Å². The molecule has 1 aliphatic rings. The fraction of sp³-hybridized carbons (Fsp3) is 0.235. The third-order valence-corrected chi connectivity index (χ3v) is 3.86. The standard InChI is InChI=1S/C17H16N2O3/c1-22-17(21)15-9-7-12(10-18-15)16(20)19-14-8-6-11-4-2-3-5-13(11)14/h2-5,7,9-10,14H,6,8H2,1H3,(H,19,20). The average Bonchev–Trinajstić information content (AvgIpc) is 2.97. The molecule has 1 aliphatic carbocycles. The molecule has 1 heterocycles. The highest BCUT2D eigenvalue weighted by Gasteiger charge is 2.23. The van der Waals surface area contributed by atoms with Crippen molar-refractivity contribution in [3.05, 3.63) is 65.0 Å². The Bertz CT molecular complexity index is 710. The first-order chi connectivity index (χ1) is 10.7. The summed E-state index contributed by atoms with van der Waals surface area (Å²) in [6.45, 7) is 0. The zero-order chi connectivity index (χ0) is 15.5. The Morgan fingerprint density at radius 1 is 1.23 bits per heavy atom. The van der Waals surface area contributed by atoms with E-state index in [0.717, 1.165) is 12.8 Å². The first-order valence-corrected chi connectivity index (χ1v) is 7.12. The Hall–Kier alpha value is -2.69. The number of esters is 1. The number of methoxy groups -OCH3 is 1. The van der Waals surface area contributed by atoms with E-state index in [0.29, 0.717) is 5.56 Å². The summed E-state index contributed by atoms with van der Waals surface area (Å²) >= 11 is 0. The zero-order valence-corrected chi connectivity index (χ0v) is 12.2. The van der Waals surface area contributed by atoms with Gasteiger partial charge in [0.15, 0.2) is 0 Å². The van der Waals surface area contributed by atoms with Crippen LogP contribution in [0.25, 0.3) is 0 Å². The molecule has 1 unspecified atom stereocenters. The lowest BCUT2D eigenvalue weighted by molar-refractivity contribution is 0.0593. The second-order valence-corrected chi connectivity index (χ2v) is 5.19. The SMILES string of the molecule is COC(=O)c1ccc(C(=O)NC2CCc3ccccc32)cn1. The summed E-state index contributed by atoms with van der Waals surface area (Å²) in [6, 6.07) is 11.2. The number of amides is 1. The minimum Gasteiger partial charge on any atom is -0.464 e. The highest BCUT2D eigenvalue weighted by atomic mass is 16.5. The molecule has 0 radical (unpaired) electrons. The van der Waals surface area contributed by atoms with E-state index in [2.05, 4.69) is 21.1 Å². The van der Waals surface area contributed by atoms with Gasteiger partial charge < -0.3 is 10.1 Å². The molecule has 0 bridgehead atoms. The summed E-state index contributed by atoms with van der Waals surface area (Å²) in [6.07, 6.45) is 3.27. The number of nitrogens with one attached hydrogen (secondary N) is 1. The number of hydrogen-bond donors (Lipinski definition) is 1. The van der Waals surface area contributed by atoms with Gasteiger partial charge >= 0.3 is 5.97 Å². The number of carbonyl (C=O) groups excluding carboxylic acids is 2. The van der Waals surface area contributed by atoms with Gasteiger partial charge in [-0.3, -0.25) is 4.79 Å². The first-order valence-electron chi connectivity index (χ1n) is 7.12. The average molecular weight is 296 g/mol. The summed E-state index contributed by atoms with van der Waals surface area (Å²) in [5.41, 5.74) is 3.07. The van der Waals surface area contributed by atoms with E-state index in [1.54, 1.807) is 6.07 Å². The number of aryl methyl sites for hydroxylation is 1. The number of carbonyl (C=O) groups is 2. The summed E-state index contributed by atoms with van der Waals surface area (Å²) < 4.78 is 4.58. The van der Waals surface area contributed by atoms with Gasteiger partial charge in [-0.05, 0) is 36.1 Å².